The van der Waals surface area contributed by atoms with Gasteiger partial charge in [0.1, 0.15) is 5.82 Å². The van der Waals surface area contributed by atoms with E-state index in [0.717, 1.165) is 23.8 Å². The van der Waals surface area contributed by atoms with Crippen molar-refractivity contribution in [3.8, 4) is 0 Å². The van der Waals surface area contributed by atoms with Gasteiger partial charge < -0.3 is 5.11 Å². The highest BCUT2D eigenvalue weighted by molar-refractivity contribution is 7.81. The van der Waals surface area contributed by atoms with E-state index >= 15 is 0 Å². The molecule has 0 bridgehead atoms. The Hall–Kier alpha value is -1.63. The second kappa shape index (κ2) is 6.35. The molecular formula is C17H15ClFNO3S. The van der Waals surface area contributed by atoms with Crippen LogP contribution in [0.2, 0.25) is 5.02 Å². The van der Waals surface area contributed by atoms with Crippen LogP contribution in [0, 0.1) is 5.82 Å². The van der Waals surface area contributed by atoms with E-state index in [4.69, 9.17) is 23.8 Å². The summed E-state index contributed by atoms with van der Waals surface area (Å²) in [7, 11) is 0. The molecular weight excluding hydrogens is 353 g/mol. The fraction of sp³-hybridized carbons (Fsp3) is 0.353. The highest BCUT2D eigenvalue weighted by Crippen LogP contribution is 2.38. The first kappa shape index (κ1) is 17.2. The molecule has 1 aliphatic heterocycles. The zero-order valence-corrected chi connectivity index (χ0v) is 14.5. The van der Waals surface area contributed by atoms with Gasteiger partial charge in [-0.2, -0.15) is 0 Å². The molecule has 1 atom stereocenters. The number of halogens is 2. The van der Waals surface area contributed by atoms with Crippen LogP contribution in [0.25, 0.3) is 0 Å². The molecule has 7 heteroatoms. The molecule has 1 aliphatic carbocycles. The highest BCUT2D eigenvalue weighted by Gasteiger charge is 2.41. The Kier molecular flexibility index (Phi) is 4.55. The smallest absolute Gasteiger partial charge is 0.261 e. The number of hydrogen-bond acceptors (Lipinski definition) is 4. The largest absolute Gasteiger partial charge is 0.388 e. The molecule has 0 radical (unpaired) electrons. The van der Waals surface area contributed by atoms with Crippen LogP contribution in [-0.4, -0.2) is 27.9 Å². The quantitative estimate of drug-likeness (QED) is 0.506. The monoisotopic (exact) mass is 367 g/mol. The maximum atomic E-state index is 14.4. The molecule has 24 heavy (non-hydrogen) atoms. The van der Waals surface area contributed by atoms with Crippen molar-refractivity contribution in [2.24, 2.45) is 0 Å². The van der Waals surface area contributed by atoms with Crippen molar-refractivity contribution >= 4 is 46.2 Å². The number of nitrogens with zero attached hydrogens (tertiary/aromatic N) is 1. The van der Waals surface area contributed by atoms with E-state index in [9.17, 15) is 19.1 Å². The molecule has 4 nitrogen and oxygen atoms in total. The molecule has 1 unspecified atom stereocenters. The molecule has 126 valence electrons. The Labute approximate surface area is 148 Å². The predicted octanol–water partition coefficient (Wildman–Crippen LogP) is 3.32. The lowest BCUT2D eigenvalue weighted by molar-refractivity contribution is -0.120. The van der Waals surface area contributed by atoms with Gasteiger partial charge in [-0.15, -0.1) is 0 Å². The molecule has 2 amide bonds. The molecule has 1 heterocycles. The number of aliphatic hydroxyl groups excluding tert-OH is 1. The maximum absolute atomic E-state index is 14.4. The summed E-state index contributed by atoms with van der Waals surface area (Å²) in [4.78, 5) is 26.1. The van der Waals surface area contributed by atoms with Gasteiger partial charge in [-0.05, 0) is 44.7 Å². The number of amides is 2. The van der Waals surface area contributed by atoms with E-state index in [-0.39, 0.29) is 21.1 Å². The first-order chi connectivity index (χ1) is 11.3. The SMILES string of the molecule is CC(O)C(=S)c1cc(N2C(=O)C3=C(CCCC3)C2=O)c(F)cc1Cl. The van der Waals surface area contributed by atoms with Crippen molar-refractivity contribution in [2.75, 3.05) is 4.90 Å². The van der Waals surface area contributed by atoms with E-state index in [2.05, 4.69) is 0 Å². The van der Waals surface area contributed by atoms with Crippen molar-refractivity contribution in [2.45, 2.75) is 38.7 Å². The van der Waals surface area contributed by atoms with Crippen LogP contribution in [0.4, 0.5) is 10.1 Å². The third-order valence-corrected chi connectivity index (χ3v) is 5.19. The van der Waals surface area contributed by atoms with Crippen LogP contribution in [0.15, 0.2) is 23.3 Å². The molecule has 0 fully saturated rings. The standard InChI is InChI=1S/C17H15ClFNO3S/c1-8(21)15(24)11-6-14(13(19)7-12(11)18)20-16(22)9-4-2-3-5-10(9)17(20)23/h6-8,21H,2-5H2,1H3. The van der Waals surface area contributed by atoms with Crippen molar-refractivity contribution < 1.29 is 19.1 Å². The summed E-state index contributed by atoms with van der Waals surface area (Å²) in [5.41, 5.74) is 1.01. The Morgan fingerprint density at radius 3 is 2.29 bits per heavy atom. The minimum absolute atomic E-state index is 0.0268. The summed E-state index contributed by atoms with van der Waals surface area (Å²) < 4.78 is 14.4. The summed E-state index contributed by atoms with van der Waals surface area (Å²) in [6.45, 7) is 1.47. The van der Waals surface area contributed by atoms with Gasteiger partial charge in [0.25, 0.3) is 11.8 Å². The third-order valence-electron chi connectivity index (χ3n) is 4.31. The first-order valence-corrected chi connectivity index (χ1v) is 8.43. The number of anilines is 1. The Morgan fingerprint density at radius 1 is 1.25 bits per heavy atom. The average molecular weight is 368 g/mol. The fourth-order valence-electron chi connectivity index (χ4n) is 3.08. The Bertz CT molecular complexity index is 775. The van der Waals surface area contributed by atoms with Crippen LogP contribution in [0.5, 0.6) is 0 Å². The number of thiocarbonyl (C=S) groups is 1. The van der Waals surface area contributed by atoms with Gasteiger partial charge in [-0.25, -0.2) is 9.29 Å². The van der Waals surface area contributed by atoms with Crippen LogP contribution < -0.4 is 4.90 Å². The van der Waals surface area contributed by atoms with Crippen molar-refractivity contribution in [3.63, 3.8) is 0 Å². The lowest BCUT2D eigenvalue weighted by atomic mass is 9.93. The molecule has 1 N–H and O–H groups in total. The lowest BCUT2D eigenvalue weighted by Gasteiger charge is -2.18. The topological polar surface area (TPSA) is 57.6 Å². The Balaban J connectivity index is 2.07. The molecule has 3 rings (SSSR count). The second-order valence-corrected chi connectivity index (χ2v) is 6.78. The summed E-state index contributed by atoms with van der Waals surface area (Å²) in [5, 5.41) is 9.67. The van der Waals surface area contributed by atoms with Gasteiger partial charge in [0.05, 0.1) is 21.7 Å². The van der Waals surface area contributed by atoms with Crippen LogP contribution in [-0.2, 0) is 9.59 Å². The van der Waals surface area contributed by atoms with Gasteiger partial charge in [0, 0.05) is 16.7 Å². The van der Waals surface area contributed by atoms with E-state index in [1.807, 2.05) is 0 Å². The molecule has 2 aliphatic rings. The van der Waals surface area contributed by atoms with Crippen molar-refractivity contribution in [3.05, 3.63) is 39.7 Å². The number of imide groups is 1. The fourth-order valence-corrected chi connectivity index (χ4v) is 3.56. The van der Waals surface area contributed by atoms with Crippen LogP contribution in [0.1, 0.15) is 38.2 Å². The molecule has 0 spiro atoms. The number of aliphatic hydroxyl groups is 1. The summed E-state index contributed by atoms with van der Waals surface area (Å²) in [6.07, 6.45) is 1.78. The van der Waals surface area contributed by atoms with Gasteiger partial charge in [0.2, 0.25) is 0 Å². The number of carbonyl (C=O) groups is 2. The van der Waals surface area contributed by atoms with Crippen LogP contribution >= 0.6 is 23.8 Å². The molecule has 0 saturated carbocycles. The second-order valence-electron chi connectivity index (χ2n) is 5.93. The van der Waals surface area contributed by atoms with Gasteiger partial charge in [-0.1, -0.05) is 23.8 Å². The van der Waals surface area contributed by atoms with Crippen LogP contribution in [0.3, 0.4) is 0 Å². The van der Waals surface area contributed by atoms with Gasteiger partial charge in [-0.3, -0.25) is 9.59 Å². The predicted molar refractivity (Wildman–Crippen MR) is 92.8 cm³/mol. The lowest BCUT2D eigenvalue weighted by Crippen LogP contribution is -2.32. The summed E-state index contributed by atoms with van der Waals surface area (Å²) >= 11 is 11.1. The van der Waals surface area contributed by atoms with Gasteiger partial charge in [0.15, 0.2) is 0 Å². The number of carbonyl (C=O) groups excluding carboxylic acids is 2. The molecule has 1 aromatic rings. The number of benzene rings is 1. The van der Waals surface area contributed by atoms with E-state index < -0.39 is 23.7 Å². The van der Waals surface area contributed by atoms with Gasteiger partial charge >= 0.3 is 0 Å². The highest BCUT2D eigenvalue weighted by atomic mass is 35.5. The number of hydrogen-bond donors (Lipinski definition) is 1. The third kappa shape index (κ3) is 2.68. The summed E-state index contributed by atoms with van der Waals surface area (Å²) in [5.74, 6) is -1.74. The van der Waals surface area contributed by atoms with Crippen molar-refractivity contribution in [1.29, 1.82) is 0 Å². The zero-order chi connectivity index (χ0) is 17.6. The van der Waals surface area contributed by atoms with Crippen molar-refractivity contribution in [1.82, 2.24) is 0 Å². The minimum atomic E-state index is -0.966. The van der Waals surface area contributed by atoms with E-state index in [0.29, 0.717) is 24.0 Å². The average Bonchev–Trinajstić information content (AvgIpc) is 2.79. The van der Waals surface area contributed by atoms with E-state index in [1.165, 1.54) is 13.0 Å². The Morgan fingerprint density at radius 2 is 1.79 bits per heavy atom. The molecule has 0 aromatic heterocycles. The van der Waals surface area contributed by atoms with E-state index in [1.54, 1.807) is 0 Å². The minimum Gasteiger partial charge on any atom is -0.388 e. The summed E-state index contributed by atoms with van der Waals surface area (Å²) in [6, 6.07) is 2.28. The zero-order valence-electron chi connectivity index (χ0n) is 12.9. The maximum Gasteiger partial charge on any atom is 0.261 e. The molecule has 1 aromatic carbocycles. The first-order valence-electron chi connectivity index (χ1n) is 7.65. The molecule has 0 saturated heterocycles. The normalized spacial score (nSPS) is 18.9. The number of rotatable bonds is 3.